The molecule has 1 fully saturated rings. The summed E-state index contributed by atoms with van der Waals surface area (Å²) < 4.78 is 23.2. The fraction of sp³-hybridized carbons (Fsp3) is 0.619. The highest BCUT2D eigenvalue weighted by atomic mass is 16.7. The minimum atomic E-state index is -0.957. The van der Waals surface area contributed by atoms with Crippen molar-refractivity contribution in [1.29, 1.82) is 0 Å². The summed E-state index contributed by atoms with van der Waals surface area (Å²) >= 11 is 0. The zero-order valence-electron chi connectivity index (χ0n) is 18.4. The second kappa shape index (κ2) is 7.02. The summed E-state index contributed by atoms with van der Waals surface area (Å²) in [5.74, 6) is -1.10. The number of hydrogen-bond acceptors (Lipinski definition) is 6. The minimum Gasteiger partial charge on any atom is -0.467 e. The third-order valence-electron chi connectivity index (χ3n) is 5.77. The van der Waals surface area contributed by atoms with Gasteiger partial charge in [0, 0.05) is 0 Å². The van der Waals surface area contributed by atoms with Crippen LogP contribution in [0.5, 0.6) is 0 Å². The Morgan fingerprint density at radius 2 is 1.62 bits per heavy atom. The SMILES string of the molecule is COC(=O)C1C(B2OC(C)(C)C(C)(C)O2)c2ccccc2N1C(=O)OC(C)(C)C. The van der Waals surface area contributed by atoms with Crippen LogP contribution in [0.1, 0.15) is 59.8 Å². The van der Waals surface area contributed by atoms with Gasteiger partial charge in [-0.1, -0.05) is 18.2 Å². The molecule has 2 aliphatic rings. The minimum absolute atomic E-state index is 0.549. The Morgan fingerprint density at radius 1 is 1.07 bits per heavy atom. The van der Waals surface area contributed by atoms with Crippen LogP contribution in [0.4, 0.5) is 10.5 Å². The Morgan fingerprint density at radius 3 is 2.14 bits per heavy atom. The molecule has 29 heavy (non-hydrogen) atoms. The molecule has 0 bridgehead atoms. The fourth-order valence-electron chi connectivity index (χ4n) is 3.70. The number of carbonyl (C=O) groups is 2. The molecule has 3 rings (SSSR count). The molecule has 1 amide bonds. The number of anilines is 1. The van der Waals surface area contributed by atoms with Crippen LogP contribution in [-0.2, 0) is 23.6 Å². The lowest BCUT2D eigenvalue weighted by Gasteiger charge is -2.32. The molecular weight excluding hydrogens is 373 g/mol. The van der Waals surface area contributed by atoms with E-state index in [0.717, 1.165) is 5.56 Å². The molecule has 8 heteroatoms. The number of amides is 1. The van der Waals surface area contributed by atoms with Crippen LogP contribution in [0.25, 0.3) is 0 Å². The highest BCUT2D eigenvalue weighted by Crippen LogP contribution is 2.48. The van der Waals surface area contributed by atoms with E-state index in [9.17, 15) is 9.59 Å². The molecule has 0 aliphatic carbocycles. The molecular formula is C21H30BNO6. The van der Waals surface area contributed by atoms with Crippen LogP contribution in [0.2, 0.25) is 0 Å². The van der Waals surface area contributed by atoms with E-state index in [4.69, 9.17) is 18.8 Å². The van der Waals surface area contributed by atoms with Gasteiger partial charge in [0.1, 0.15) is 11.6 Å². The lowest BCUT2D eigenvalue weighted by Crippen LogP contribution is -2.50. The quantitative estimate of drug-likeness (QED) is 0.554. The van der Waals surface area contributed by atoms with Crippen LogP contribution < -0.4 is 4.90 Å². The van der Waals surface area contributed by atoms with Gasteiger partial charge in [-0.15, -0.1) is 0 Å². The predicted octanol–water partition coefficient (Wildman–Crippen LogP) is 3.70. The van der Waals surface area contributed by atoms with Gasteiger partial charge in [-0.2, -0.15) is 0 Å². The maximum Gasteiger partial charge on any atom is 0.468 e. The van der Waals surface area contributed by atoms with Crippen molar-refractivity contribution in [2.75, 3.05) is 12.0 Å². The maximum absolute atomic E-state index is 13.1. The fourth-order valence-corrected chi connectivity index (χ4v) is 3.70. The van der Waals surface area contributed by atoms with Gasteiger partial charge in [-0.3, -0.25) is 4.90 Å². The standard InChI is InChI=1S/C21H30BNO6/c1-19(2,3)27-18(25)23-14-12-10-9-11-13(14)15(16(23)17(24)26-8)22-28-20(4,5)21(6,7)29-22/h9-12,15-16H,1-8H3. The van der Waals surface area contributed by atoms with Crippen LogP contribution in [0.15, 0.2) is 24.3 Å². The molecule has 0 N–H and O–H groups in total. The number of esters is 1. The summed E-state index contributed by atoms with van der Waals surface area (Å²) in [7, 11) is 0.581. The van der Waals surface area contributed by atoms with E-state index < -0.39 is 47.8 Å². The smallest absolute Gasteiger partial charge is 0.467 e. The largest absolute Gasteiger partial charge is 0.468 e. The first-order chi connectivity index (χ1) is 13.3. The number of ether oxygens (including phenoxy) is 2. The molecule has 0 spiro atoms. The van der Waals surface area contributed by atoms with Crippen LogP contribution in [0, 0.1) is 0 Å². The third-order valence-corrected chi connectivity index (χ3v) is 5.77. The lowest BCUT2D eigenvalue weighted by atomic mass is 9.65. The molecule has 1 aromatic carbocycles. The summed E-state index contributed by atoms with van der Waals surface area (Å²) in [6.07, 6.45) is -0.612. The number of nitrogens with zero attached hydrogens (tertiary/aromatic N) is 1. The summed E-state index contributed by atoms with van der Waals surface area (Å²) in [5, 5.41) is 0. The number of fused-ring (bicyclic) bond motifs is 1. The Balaban J connectivity index is 2.08. The molecule has 2 atom stereocenters. The maximum atomic E-state index is 13.1. The van der Waals surface area contributed by atoms with Crippen LogP contribution in [0.3, 0.4) is 0 Å². The van der Waals surface area contributed by atoms with Gasteiger partial charge in [0.05, 0.1) is 29.8 Å². The van der Waals surface area contributed by atoms with Crippen molar-refractivity contribution in [3.63, 3.8) is 0 Å². The topological polar surface area (TPSA) is 74.3 Å². The van der Waals surface area contributed by atoms with Gasteiger partial charge in [-0.25, -0.2) is 9.59 Å². The van der Waals surface area contributed by atoms with E-state index in [1.165, 1.54) is 12.0 Å². The zero-order valence-corrected chi connectivity index (χ0v) is 18.4. The number of benzene rings is 1. The van der Waals surface area contributed by atoms with Crippen molar-refractivity contribution < 1.29 is 28.4 Å². The van der Waals surface area contributed by atoms with Gasteiger partial charge in [-0.05, 0) is 60.1 Å². The van der Waals surface area contributed by atoms with Crippen molar-refractivity contribution in [2.24, 2.45) is 0 Å². The summed E-state index contributed by atoms with van der Waals surface area (Å²) in [5.41, 5.74) is -0.488. The first kappa shape index (κ1) is 21.6. The molecule has 0 aromatic heterocycles. The molecule has 1 aromatic rings. The number of rotatable bonds is 2. The molecule has 0 saturated carbocycles. The average molecular weight is 403 g/mol. The van der Waals surface area contributed by atoms with Gasteiger partial charge in [0.15, 0.2) is 0 Å². The first-order valence-electron chi connectivity index (χ1n) is 9.84. The van der Waals surface area contributed by atoms with E-state index in [1.54, 1.807) is 26.8 Å². The number of methoxy groups -OCH3 is 1. The van der Waals surface area contributed by atoms with Gasteiger partial charge < -0.3 is 18.8 Å². The first-order valence-corrected chi connectivity index (χ1v) is 9.84. The number of carbonyl (C=O) groups excluding carboxylic acids is 2. The Labute approximate surface area is 172 Å². The second-order valence-corrected chi connectivity index (χ2v) is 9.53. The van der Waals surface area contributed by atoms with Gasteiger partial charge >= 0.3 is 19.2 Å². The van der Waals surface area contributed by atoms with Gasteiger partial charge in [0.2, 0.25) is 0 Å². The van der Waals surface area contributed by atoms with Crippen LogP contribution in [-0.4, -0.2) is 49.1 Å². The number of hydrogen-bond donors (Lipinski definition) is 0. The van der Waals surface area contributed by atoms with Crippen molar-refractivity contribution in [3.05, 3.63) is 29.8 Å². The van der Waals surface area contributed by atoms with E-state index in [1.807, 2.05) is 45.9 Å². The number of para-hydroxylation sites is 1. The van der Waals surface area contributed by atoms with E-state index in [2.05, 4.69) is 0 Å². The van der Waals surface area contributed by atoms with Gasteiger partial charge in [0.25, 0.3) is 0 Å². The highest BCUT2D eigenvalue weighted by molar-refractivity contribution is 6.49. The third kappa shape index (κ3) is 3.75. The molecule has 7 nitrogen and oxygen atoms in total. The highest BCUT2D eigenvalue weighted by Gasteiger charge is 2.61. The monoisotopic (exact) mass is 403 g/mol. The second-order valence-electron chi connectivity index (χ2n) is 9.53. The summed E-state index contributed by atoms with van der Waals surface area (Å²) in [6, 6.07) is 6.40. The normalized spacial score (nSPS) is 25.0. The van der Waals surface area contributed by atoms with E-state index >= 15 is 0 Å². The van der Waals surface area contributed by atoms with E-state index in [0.29, 0.717) is 5.69 Å². The summed E-state index contributed by atoms with van der Waals surface area (Å²) in [6.45, 7) is 13.2. The van der Waals surface area contributed by atoms with Crippen LogP contribution >= 0.6 is 0 Å². The van der Waals surface area contributed by atoms with E-state index in [-0.39, 0.29) is 0 Å². The summed E-state index contributed by atoms with van der Waals surface area (Å²) in [4.78, 5) is 27.3. The predicted molar refractivity (Wildman–Crippen MR) is 110 cm³/mol. The molecule has 158 valence electrons. The van der Waals surface area contributed by atoms with Crippen molar-refractivity contribution >= 4 is 24.9 Å². The molecule has 2 unspecified atom stereocenters. The van der Waals surface area contributed by atoms with Crippen molar-refractivity contribution in [1.82, 2.24) is 0 Å². The Kier molecular flexibility index (Phi) is 5.24. The Hall–Kier alpha value is -2.06. The molecule has 0 radical (unpaired) electrons. The Bertz CT molecular complexity index is 800. The molecule has 2 heterocycles. The van der Waals surface area contributed by atoms with Crippen molar-refractivity contribution in [3.8, 4) is 0 Å². The van der Waals surface area contributed by atoms with Crippen molar-refractivity contribution in [2.45, 2.75) is 77.1 Å². The zero-order chi connectivity index (χ0) is 21.8. The average Bonchev–Trinajstić information content (AvgIpc) is 3.03. The molecule has 2 aliphatic heterocycles. The molecule has 1 saturated heterocycles. The lowest BCUT2D eigenvalue weighted by molar-refractivity contribution is -0.142.